The summed E-state index contributed by atoms with van der Waals surface area (Å²) in [6.07, 6.45) is 9.83. The highest BCUT2D eigenvalue weighted by Gasteiger charge is 2.26. The zero-order valence-electron chi connectivity index (χ0n) is 17.2. The summed E-state index contributed by atoms with van der Waals surface area (Å²) in [5, 5.41) is 8.77. The first kappa shape index (κ1) is 19.9. The molecule has 0 radical (unpaired) electrons. The second-order valence-electron chi connectivity index (χ2n) is 7.99. The van der Waals surface area contributed by atoms with Crippen LogP contribution in [0, 0.1) is 11.8 Å². The van der Waals surface area contributed by atoms with E-state index in [9.17, 15) is 4.79 Å². The number of methoxy groups -OCH3 is 1. The number of amides is 1. The van der Waals surface area contributed by atoms with Gasteiger partial charge in [-0.15, -0.1) is 11.3 Å². The summed E-state index contributed by atoms with van der Waals surface area (Å²) in [5.74, 6) is 2.08. The lowest BCUT2D eigenvalue weighted by molar-refractivity contribution is 0.103. The first-order valence-corrected chi connectivity index (χ1v) is 11.2. The van der Waals surface area contributed by atoms with Crippen LogP contribution >= 0.6 is 11.3 Å². The van der Waals surface area contributed by atoms with Crippen LogP contribution in [0.3, 0.4) is 0 Å². The van der Waals surface area contributed by atoms with E-state index in [4.69, 9.17) is 9.84 Å². The van der Waals surface area contributed by atoms with E-state index in [1.165, 1.54) is 43.4 Å². The largest absolute Gasteiger partial charge is 0.494 e. The molecule has 0 saturated heterocycles. The van der Waals surface area contributed by atoms with Crippen molar-refractivity contribution in [3.05, 3.63) is 34.9 Å². The Hall–Kier alpha value is -2.41. The van der Waals surface area contributed by atoms with Gasteiger partial charge < -0.3 is 10.1 Å². The van der Waals surface area contributed by atoms with Gasteiger partial charge in [-0.3, -0.25) is 14.5 Å². The monoisotopic (exact) mass is 412 g/mol. The van der Waals surface area contributed by atoms with Gasteiger partial charge in [0.05, 0.1) is 36.1 Å². The summed E-state index contributed by atoms with van der Waals surface area (Å²) in [5.41, 5.74) is 3.19. The van der Waals surface area contributed by atoms with Gasteiger partial charge in [-0.05, 0) is 43.6 Å². The molecule has 1 fully saturated rings. The van der Waals surface area contributed by atoms with Gasteiger partial charge in [0.15, 0.2) is 0 Å². The molecule has 0 aliphatic heterocycles. The lowest BCUT2D eigenvalue weighted by Gasteiger charge is -2.32. The van der Waals surface area contributed by atoms with Crippen molar-refractivity contribution >= 4 is 33.8 Å². The molecule has 4 rings (SSSR count). The summed E-state index contributed by atoms with van der Waals surface area (Å²) in [4.78, 5) is 17.0. The summed E-state index contributed by atoms with van der Waals surface area (Å²) in [6.45, 7) is 4.66. The Labute approximate surface area is 175 Å². The number of fused-ring (bicyclic) bond motifs is 1. The van der Waals surface area contributed by atoms with E-state index in [0.717, 1.165) is 22.7 Å². The maximum atomic E-state index is 12.4. The molecule has 2 heterocycles. The maximum absolute atomic E-state index is 12.4. The Morgan fingerprint density at radius 3 is 2.79 bits per heavy atom. The molecule has 1 aliphatic rings. The van der Waals surface area contributed by atoms with E-state index in [0.29, 0.717) is 22.4 Å². The number of rotatable bonds is 6. The van der Waals surface area contributed by atoms with Crippen molar-refractivity contribution in [2.75, 3.05) is 12.4 Å². The van der Waals surface area contributed by atoms with Crippen LogP contribution in [0.4, 0.5) is 5.69 Å². The topological polar surface area (TPSA) is 69.0 Å². The Bertz CT molecular complexity index is 974. The molecule has 1 unspecified atom stereocenters. The molecule has 1 atom stereocenters. The number of anilines is 1. The van der Waals surface area contributed by atoms with E-state index < -0.39 is 0 Å². The minimum atomic E-state index is -0.180. The van der Waals surface area contributed by atoms with Gasteiger partial charge >= 0.3 is 0 Å². The Balaban J connectivity index is 1.54. The quantitative estimate of drug-likeness (QED) is 0.578. The third-order valence-electron chi connectivity index (χ3n) is 6.31. The molecule has 7 heteroatoms. The summed E-state index contributed by atoms with van der Waals surface area (Å²) in [6, 6.07) is 4.30. The molecule has 6 nitrogen and oxygen atoms in total. The molecule has 1 aromatic carbocycles. The zero-order chi connectivity index (χ0) is 20.4. The van der Waals surface area contributed by atoms with Gasteiger partial charge in [-0.2, -0.15) is 5.10 Å². The number of ether oxygens (including phenoxy) is 1. The molecule has 3 aromatic rings. The summed E-state index contributed by atoms with van der Waals surface area (Å²) >= 11 is 1.31. The van der Waals surface area contributed by atoms with Gasteiger partial charge in [-0.25, -0.2) is 0 Å². The van der Waals surface area contributed by atoms with Crippen LogP contribution in [0.25, 0.3) is 10.9 Å². The molecular weight excluding hydrogens is 384 g/mol. The standard InChI is InChI=1S/C22H28N4O2S/c1-4-14(2)15-5-7-17(8-6-15)26-12-16-9-19(20(28-3)10-18(16)25-26)24-22(27)21-11-23-13-29-21/h9-15,17H,4-8H2,1-3H3,(H,24,27). The Morgan fingerprint density at radius 2 is 2.14 bits per heavy atom. The fraction of sp³-hybridized carbons (Fsp3) is 0.500. The van der Waals surface area contributed by atoms with Crippen molar-refractivity contribution in [1.82, 2.24) is 14.8 Å². The first-order valence-electron chi connectivity index (χ1n) is 10.4. The number of nitrogens with one attached hydrogen (secondary N) is 1. The molecule has 154 valence electrons. The number of hydrogen-bond donors (Lipinski definition) is 1. The minimum absolute atomic E-state index is 0.180. The zero-order valence-corrected chi connectivity index (χ0v) is 18.0. The van der Waals surface area contributed by atoms with Crippen LogP contribution in [0.5, 0.6) is 5.75 Å². The van der Waals surface area contributed by atoms with Crippen LogP contribution in [-0.2, 0) is 0 Å². The van der Waals surface area contributed by atoms with Gasteiger partial charge in [-0.1, -0.05) is 20.3 Å². The van der Waals surface area contributed by atoms with E-state index in [1.54, 1.807) is 18.8 Å². The highest BCUT2D eigenvalue weighted by atomic mass is 32.1. The number of nitrogens with zero attached hydrogens (tertiary/aromatic N) is 3. The van der Waals surface area contributed by atoms with Crippen LogP contribution < -0.4 is 10.1 Å². The van der Waals surface area contributed by atoms with Crippen molar-refractivity contribution in [1.29, 1.82) is 0 Å². The number of thiazole rings is 1. The predicted molar refractivity (Wildman–Crippen MR) is 117 cm³/mol. The molecule has 0 bridgehead atoms. The molecule has 1 N–H and O–H groups in total. The first-order chi connectivity index (χ1) is 14.1. The molecule has 2 aromatic heterocycles. The molecular formula is C22H28N4O2S. The highest BCUT2D eigenvalue weighted by Crippen LogP contribution is 2.38. The van der Waals surface area contributed by atoms with E-state index in [2.05, 4.69) is 35.0 Å². The van der Waals surface area contributed by atoms with E-state index in [-0.39, 0.29) is 5.91 Å². The Morgan fingerprint density at radius 1 is 1.34 bits per heavy atom. The average molecular weight is 413 g/mol. The third kappa shape index (κ3) is 4.15. The lowest BCUT2D eigenvalue weighted by atomic mass is 9.78. The van der Waals surface area contributed by atoms with E-state index >= 15 is 0 Å². The third-order valence-corrected chi connectivity index (χ3v) is 7.08. The SMILES string of the molecule is CCC(C)C1CCC(n2cc3cc(NC(=O)c4cncs4)c(OC)cc3n2)CC1. The summed E-state index contributed by atoms with van der Waals surface area (Å²) < 4.78 is 7.62. The molecule has 1 saturated carbocycles. The van der Waals surface area contributed by atoms with Crippen molar-refractivity contribution in [3.8, 4) is 5.75 Å². The fourth-order valence-electron chi connectivity index (χ4n) is 4.31. The van der Waals surface area contributed by atoms with Crippen molar-refractivity contribution in [3.63, 3.8) is 0 Å². The van der Waals surface area contributed by atoms with Gasteiger partial charge in [0, 0.05) is 17.6 Å². The average Bonchev–Trinajstić information content (AvgIpc) is 3.42. The molecule has 1 amide bonds. The smallest absolute Gasteiger partial charge is 0.267 e. The van der Waals surface area contributed by atoms with Crippen molar-refractivity contribution in [2.24, 2.45) is 11.8 Å². The maximum Gasteiger partial charge on any atom is 0.267 e. The van der Waals surface area contributed by atoms with Crippen molar-refractivity contribution < 1.29 is 9.53 Å². The molecule has 1 aliphatic carbocycles. The number of aromatic nitrogens is 3. The normalized spacial score (nSPS) is 20.5. The van der Waals surface area contributed by atoms with Gasteiger partial charge in [0.2, 0.25) is 0 Å². The summed E-state index contributed by atoms with van der Waals surface area (Å²) in [7, 11) is 1.61. The Kier molecular flexibility index (Phi) is 5.85. The number of carbonyl (C=O) groups excluding carboxylic acids is 1. The van der Waals surface area contributed by atoms with Crippen LogP contribution in [-0.4, -0.2) is 27.8 Å². The van der Waals surface area contributed by atoms with Crippen LogP contribution in [0.15, 0.2) is 30.0 Å². The minimum Gasteiger partial charge on any atom is -0.494 e. The second kappa shape index (κ2) is 8.53. The lowest BCUT2D eigenvalue weighted by Crippen LogP contribution is -2.22. The number of hydrogen-bond acceptors (Lipinski definition) is 5. The van der Waals surface area contributed by atoms with Gasteiger partial charge in [0.25, 0.3) is 5.91 Å². The van der Waals surface area contributed by atoms with Crippen molar-refractivity contribution in [2.45, 2.75) is 52.0 Å². The number of carbonyl (C=O) groups is 1. The van der Waals surface area contributed by atoms with Crippen LogP contribution in [0.1, 0.15) is 61.7 Å². The molecule has 0 spiro atoms. The molecule has 29 heavy (non-hydrogen) atoms. The predicted octanol–water partition coefficient (Wildman–Crippen LogP) is 5.53. The second-order valence-corrected chi connectivity index (χ2v) is 8.88. The van der Waals surface area contributed by atoms with Gasteiger partial charge in [0.1, 0.15) is 10.6 Å². The van der Waals surface area contributed by atoms with Crippen LogP contribution in [0.2, 0.25) is 0 Å². The fourth-order valence-corrected chi connectivity index (χ4v) is 4.82. The highest BCUT2D eigenvalue weighted by molar-refractivity contribution is 7.11. The number of benzene rings is 1. The van der Waals surface area contributed by atoms with E-state index in [1.807, 2.05) is 12.1 Å².